The smallest absolute Gasteiger partial charge is 0.339 e. The molecule has 7 nitrogen and oxygen atoms in total. The second-order valence-corrected chi connectivity index (χ2v) is 9.80. The van der Waals surface area contributed by atoms with Crippen molar-refractivity contribution in [3.8, 4) is 5.75 Å². The number of aryl methyl sites for hydroxylation is 2. The Morgan fingerprint density at radius 3 is 1.97 bits per heavy atom. The number of benzene rings is 3. The van der Waals surface area contributed by atoms with Crippen LogP contribution in [0.2, 0.25) is 0 Å². The minimum Gasteiger partial charge on any atom is -0.379 e. The number of hydrogen-bond acceptors (Lipinski definition) is 6. The lowest BCUT2D eigenvalue weighted by molar-refractivity contribution is 0.486. The summed E-state index contributed by atoms with van der Waals surface area (Å²) in [5, 5.41) is 3.75. The van der Waals surface area contributed by atoms with E-state index in [1.165, 1.54) is 42.6 Å². The summed E-state index contributed by atoms with van der Waals surface area (Å²) in [4.78, 5) is 2.25. The molecule has 9 heteroatoms. The van der Waals surface area contributed by atoms with Gasteiger partial charge in [-0.25, -0.2) is 4.83 Å². The predicted molar refractivity (Wildman–Crippen MR) is 115 cm³/mol. The van der Waals surface area contributed by atoms with E-state index in [2.05, 4.69) is 9.93 Å². The van der Waals surface area contributed by atoms with Crippen LogP contribution in [0.5, 0.6) is 5.75 Å². The van der Waals surface area contributed by atoms with E-state index in [-0.39, 0.29) is 15.5 Å². The molecule has 0 unspecified atom stereocenters. The molecule has 1 N–H and O–H groups in total. The average molecular weight is 445 g/mol. The molecule has 0 spiro atoms. The van der Waals surface area contributed by atoms with Gasteiger partial charge in [-0.05, 0) is 55.8 Å². The number of hydrogen-bond donors (Lipinski definition) is 1. The third-order valence-electron chi connectivity index (χ3n) is 4.09. The fourth-order valence-corrected chi connectivity index (χ4v) is 4.18. The maximum absolute atomic E-state index is 12.4. The normalized spacial score (nSPS) is 12.1. The molecule has 0 aliphatic carbocycles. The van der Waals surface area contributed by atoms with Gasteiger partial charge >= 0.3 is 10.1 Å². The Hall–Kier alpha value is -3.17. The zero-order valence-corrected chi connectivity index (χ0v) is 17.9. The number of nitrogens with zero attached hydrogens (tertiary/aromatic N) is 1. The fraction of sp³-hybridized carbons (Fsp3) is 0.0952. The Balaban J connectivity index is 1.72. The van der Waals surface area contributed by atoms with Crippen molar-refractivity contribution in [2.75, 3.05) is 0 Å². The minimum absolute atomic E-state index is 0.0398. The highest BCUT2D eigenvalue weighted by atomic mass is 32.2. The number of nitrogens with one attached hydrogen (secondary N) is 1. The standard InChI is InChI=1S/C21H20N2O5S2/c1-16-6-10-20(11-7-16)29(24,25)23-22-15-18-4-3-5-19(14-18)28-30(26,27)21-12-8-17(2)9-13-21/h3-15,23H,1-2H3/b22-15-. The van der Waals surface area contributed by atoms with Gasteiger partial charge in [0.2, 0.25) is 0 Å². The zero-order valence-electron chi connectivity index (χ0n) is 16.3. The van der Waals surface area contributed by atoms with Gasteiger partial charge in [-0.2, -0.15) is 21.9 Å². The summed E-state index contributed by atoms with van der Waals surface area (Å²) in [5.74, 6) is 0.0842. The molecule has 30 heavy (non-hydrogen) atoms. The van der Waals surface area contributed by atoms with Crippen molar-refractivity contribution in [1.82, 2.24) is 4.83 Å². The number of hydrazone groups is 1. The Bertz CT molecular complexity index is 1270. The average Bonchev–Trinajstić information content (AvgIpc) is 2.68. The van der Waals surface area contributed by atoms with Crippen molar-refractivity contribution in [3.05, 3.63) is 89.5 Å². The maximum Gasteiger partial charge on any atom is 0.339 e. The first-order valence-electron chi connectivity index (χ1n) is 8.88. The largest absolute Gasteiger partial charge is 0.379 e. The second-order valence-electron chi connectivity index (χ2n) is 6.59. The summed E-state index contributed by atoms with van der Waals surface area (Å²) in [6, 6.07) is 18.8. The van der Waals surface area contributed by atoms with Crippen molar-refractivity contribution in [1.29, 1.82) is 0 Å². The molecule has 0 saturated carbocycles. The molecule has 0 atom stereocenters. The molecule has 156 valence electrons. The van der Waals surface area contributed by atoms with Crippen LogP contribution >= 0.6 is 0 Å². The van der Waals surface area contributed by atoms with Gasteiger partial charge in [-0.3, -0.25) is 0 Å². The molecule has 0 radical (unpaired) electrons. The van der Waals surface area contributed by atoms with Gasteiger partial charge in [-0.1, -0.05) is 47.5 Å². The third-order valence-corrected chi connectivity index (χ3v) is 6.59. The van der Waals surface area contributed by atoms with Gasteiger partial charge in [0.25, 0.3) is 10.0 Å². The van der Waals surface area contributed by atoms with E-state index in [9.17, 15) is 16.8 Å². The van der Waals surface area contributed by atoms with Crippen molar-refractivity contribution in [2.24, 2.45) is 5.10 Å². The first kappa shape index (κ1) is 21.5. The molecular weight excluding hydrogens is 424 g/mol. The van der Waals surface area contributed by atoms with Crippen LogP contribution in [0.25, 0.3) is 0 Å². The Labute approximate surface area is 176 Å². The highest BCUT2D eigenvalue weighted by Crippen LogP contribution is 2.20. The Morgan fingerprint density at radius 1 is 0.800 bits per heavy atom. The van der Waals surface area contributed by atoms with Crippen LogP contribution in [0.1, 0.15) is 16.7 Å². The van der Waals surface area contributed by atoms with E-state index < -0.39 is 20.1 Å². The minimum atomic E-state index is -3.99. The SMILES string of the molecule is Cc1ccc(S(=O)(=O)N/N=C\c2cccc(OS(=O)(=O)c3ccc(C)cc3)c2)cc1. The summed E-state index contributed by atoms with van der Waals surface area (Å²) >= 11 is 0. The molecule has 0 bridgehead atoms. The summed E-state index contributed by atoms with van der Waals surface area (Å²) in [7, 11) is -7.79. The van der Waals surface area contributed by atoms with E-state index in [1.807, 2.05) is 13.8 Å². The second kappa shape index (κ2) is 8.68. The molecule has 0 aromatic heterocycles. The van der Waals surface area contributed by atoms with Crippen molar-refractivity contribution in [3.63, 3.8) is 0 Å². The molecule has 0 saturated heterocycles. The van der Waals surface area contributed by atoms with Crippen molar-refractivity contribution < 1.29 is 21.0 Å². The van der Waals surface area contributed by atoms with E-state index in [4.69, 9.17) is 4.18 Å². The van der Waals surface area contributed by atoms with E-state index in [0.717, 1.165) is 11.1 Å². The molecular formula is C21H20N2O5S2. The van der Waals surface area contributed by atoms with Crippen LogP contribution in [0.3, 0.4) is 0 Å². The monoisotopic (exact) mass is 444 g/mol. The summed E-state index contributed by atoms with van der Waals surface area (Å²) < 4.78 is 54.5. The highest BCUT2D eigenvalue weighted by molar-refractivity contribution is 7.89. The molecule has 3 aromatic rings. The van der Waals surface area contributed by atoms with Crippen LogP contribution in [0.15, 0.2) is 87.7 Å². The van der Waals surface area contributed by atoms with Gasteiger partial charge in [0.1, 0.15) is 10.6 Å². The zero-order chi connectivity index (χ0) is 21.8. The third kappa shape index (κ3) is 5.46. The Morgan fingerprint density at radius 2 is 1.37 bits per heavy atom. The number of rotatable bonds is 7. The van der Waals surface area contributed by atoms with Gasteiger partial charge in [0.15, 0.2) is 0 Å². The highest BCUT2D eigenvalue weighted by Gasteiger charge is 2.16. The van der Waals surface area contributed by atoms with Gasteiger partial charge < -0.3 is 4.18 Å². The van der Waals surface area contributed by atoms with Gasteiger partial charge in [0, 0.05) is 0 Å². The molecule has 0 aliphatic heterocycles. The molecule has 3 rings (SSSR count). The molecule has 0 amide bonds. The summed E-state index contributed by atoms with van der Waals surface area (Å²) in [6.07, 6.45) is 1.26. The van der Waals surface area contributed by atoms with Crippen LogP contribution in [0.4, 0.5) is 0 Å². The molecule has 0 fully saturated rings. The van der Waals surface area contributed by atoms with Crippen LogP contribution < -0.4 is 9.01 Å². The van der Waals surface area contributed by atoms with Crippen LogP contribution in [-0.2, 0) is 20.1 Å². The van der Waals surface area contributed by atoms with E-state index in [0.29, 0.717) is 5.56 Å². The fourth-order valence-electron chi connectivity index (χ4n) is 2.47. The van der Waals surface area contributed by atoms with Crippen LogP contribution in [0, 0.1) is 13.8 Å². The maximum atomic E-state index is 12.4. The lowest BCUT2D eigenvalue weighted by atomic mass is 10.2. The summed E-state index contributed by atoms with van der Waals surface area (Å²) in [6.45, 7) is 3.71. The van der Waals surface area contributed by atoms with Crippen molar-refractivity contribution >= 4 is 26.4 Å². The lowest BCUT2D eigenvalue weighted by Crippen LogP contribution is -2.18. The molecule has 0 aliphatic rings. The Kier molecular flexibility index (Phi) is 6.23. The first-order chi connectivity index (χ1) is 14.2. The predicted octanol–water partition coefficient (Wildman–Crippen LogP) is 3.38. The van der Waals surface area contributed by atoms with Crippen molar-refractivity contribution in [2.45, 2.75) is 23.6 Å². The van der Waals surface area contributed by atoms with E-state index in [1.54, 1.807) is 36.4 Å². The molecule has 3 aromatic carbocycles. The quantitative estimate of drug-likeness (QED) is 0.342. The summed E-state index contributed by atoms with van der Waals surface area (Å²) in [5.41, 5.74) is 2.33. The molecule has 0 heterocycles. The van der Waals surface area contributed by atoms with Gasteiger partial charge in [0.05, 0.1) is 11.1 Å². The van der Waals surface area contributed by atoms with Crippen LogP contribution in [-0.4, -0.2) is 23.1 Å². The number of sulfonamides is 1. The van der Waals surface area contributed by atoms with Gasteiger partial charge in [-0.15, -0.1) is 0 Å². The first-order valence-corrected chi connectivity index (χ1v) is 11.8. The van der Waals surface area contributed by atoms with E-state index >= 15 is 0 Å². The lowest BCUT2D eigenvalue weighted by Gasteiger charge is -2.08. The topological polar surface area (TPSA) is 102 Å².